The molecule has 2 fully saturated rings. The minimum Gasteiger partial charge on any atom is -0.356 e. The first-order valence-corrected chi connectivity index (χ1v) is 9.54. The van der Waals surface area contributed by atoms with Crippen molar-refractivity contribution in [2.24, 2.45) is 17.8 Å². The van der Waals surface area contributed by atoms with Crippen LogP contribution in [0.4, 0.5) is 0 Å². The molecule has 0 spiro atoms. The third-order valence-electron chi connectivity index (χ3n) is 5.47. The molecule has 0 aromatic rings. The fraction of sp³-hybridized carbons (Fsp3) is 0.944. The first-order valence-electron chi connectivity index (χ1n) is 9.10. The molecule has 3 heteroatoms. The summed E-state index contributed by atoms with van der Waals surface area (Å²) in [5, 5.41) is 3.53. The fourth-order valence-electron chi connectivity index (χ4n) is 4.01. The van der Waals surface area contributed by atoms with Crippen molar-refractivity contribution in [3.8, 4) is 0 Å². The van der Waals surface area contributed by atoms with Crippen LogP contribution in [0.1, 0.15) is 77.6 Å². The van der Waals surface area contributed by atoms with Gasteiger partial charge < -0.3 is 5.32 Å². The molecule has 0 heterocycles. The van der Waals surface area contributed by atoms with Gasteiger partial charge >= 0.3 is 0 Å². The zero-order chi connectivity index (χ0) is 15.1. The molecular formula is C18H32ClNO. The lowest BCUT2D eigenvalue weighted by Gasteiger charge is -2.29. The van der Waals surface area contributed by atoms with Crippen molar-refractivity contribution in [2.45, 2.75) is 82.9 Å². The van der Waals surface area contributed by atoms with Gasteiger partial charge in [0.25, 0.3) is 0 Å². The number of alkyl halides is 1. The zero-order valence-corrected chi connectivity index (χ0v) is 14.3. The molecule has 0 radical (unpaired) electrons. The molecule has 0 aliphatic heterocycles. The van der Waals surface area contributed by atoms with Crippen LogP contribution in [0.2, 0.25) is 0 Å². The summed E-state index contributed by atoms with van der Waals surface area (Å²) in [4.78, 5) is 12.3. The monoisotopic (exact) mass is 313 g/mol. The third kappa shape index (κ3) is 5.81. The van der Waals surface area contributed by atoms with Crippen molar-refractivity contribution in [3.05, 3.63) is 0 Å². The number of rotatable bonds is 6. The normalized spacial score (nSPS) is 33.6. The molecule has 2 saturated carbocycles. The SMILES string of the molecule is CCCCC1CCC(C(=O)NCC2CCCC(Cl)C2)CC1. The van der Waals surface area contributed by atoms with Gasteiger partial charge in [-0.25, -0.2) is 0 Å². The minimum atomic E-state index is 0.276. The lowest BCUT2D eigenvalue weighted by atomic mass is 9.79. The molecule has 0 saturated heterocycles. The molecule has 2 unspecified atom stereocenters. The highest BCUT2D eigenvalue weighted by Crippen LogP contribution is 2.32. The predicted molar refractivity (Wildman–Crippen MR) is 89.6 cm³/mol. The Morgan fingerprint density at radius 2 is 1.86 bits per heavy atom. The average Bonchev–Trinajstić information content (AvgIpc) is 2.51. The third-order valence-corrected chi connectivity index (χ3v) is 5.86. The number of halogens is 1. The number of hydrogen-bond acceptors (Lipinski definition) is 1. The van der Waals surface area contributed by atoms with E-state index in [2.05, 4.69) is 12.2 Å². The quantitative estimate of drug-likeness (QED) is 0.694. The van der Waals surface area contributed by atoms with E-state index >= 15 is 0 Å². The maximum absolute atomic E-state index is 12.3. The summed E-state index contributed by atoms with van der Waals surface area (Å²) in [5.74, 6) is 2.06. The number of amides is 1. The molecule has 2 atom stereocenters. The van der Waals surface area contributed by atoms with Gasteiger partial charge in [-0.05, 0) is 56.8 Å². The molecular weight excluding hydrogens is 282 g/mol. The Labute approximate surface area is 135 Å². The Balaban J connectivity index is 1.63. The summed E-state index contributed by atoms with van der Waals surface area (Å²) in [6, 6.07) is 0. The van der Waals surface area contributed by atoms with Crippen molar-refractivity contribution >= 4 is 17.5 Å². The zero-order valence-electron chi connectivity index (χ0n) is 13.6. The molecule has 0 aromatic carbocycles. The second kappa shape index (κ2) is 9.02. The van der Waals surface area contributed by atoms with Crippen molar-refractivity contribution in [1.82, 2.24) is 5.32 Å². The highest BCUT2D eigenvalue weighted by Gasteiger charge is 2.27. The highest BCUT2D eigenvalue weighted by atomic mass is 35.5. The van der Waals surface area contributed by atoms with E-state index in [0.717, 1.165) is 38.1 Å². The average molecular weight is 314 g/mol. The summed E-state index contributed by atoms with van der Waals surface area (Å²) in [5.41, 5.74) is 0. The Morgan fingerprint density at radius 1 is 1.10 bits per heavy atom. The Hall–Kier alpha value is -0.240. The van der Waals surface area contributed by atoms with Crippen LogP contribution in [-0.2, 0) is 4.79 Å². The van der Waals surface area contributed by atoms with Gasteiger partial charge in [-0.15, -0.1) is 11.6 Å². The van der Waals surface area contributed by atoms with Gasteiger partial charge in [0.15, 0.2) is 0 Å². The topological polar surface area (TPSA) is 29.1 Å². The van der Waals surface area contributed by atoms with E-state index < -0.39 is 0 Å². The largest absolute Gasteiger partial charge is 0.356 e. The molecule has 2 aliphatic carbocycles. The lowest BCUT2D eigenvalue weighted by molar-refractivity contribution is -0.126. The van der Waals surface area contributed by atoms with Crippen LogP contribution in [0.15, 0.2) is 0 Å². The molecule has 122 valence electrons. The van der Waals surface area contributed by atoms with E-state index in [1.54, 1.807) is 0 Å². The Kier molecular flexibility index (Phi) is 7.36. The molecule has 2 nitrogen and oxygen atoms in total. The molecule has 2 aliphatic rings. The molecule has 1 N–H and O–H groups in total. The van der Waals surface area contributed by atoms with Crippen LogP contribution in [-0.4, -0.2) is 17.8 Å². The lowest BCUT2D eigenvalue weighted by Crippen LogP contribution is -2.37. The van der Waals surface area contributed by atoms with Gasteiger partial charge in [0, 0.05) is 17.8 Å². The van der Waals surface area contributed by atoms with Crippen LogP contribution in [0.5, 0.6) is 0 Å². The number of unbranched alkanes of at least 4 members (excludes halogenated alkanes) is 1. The smallest absolute Gasteiger partial charge is 0.223 e. The highest BCUT2D eigenvalue weighted by molar-refractivity contribution is 6.20. The van der Waals surface area contributed by atoms with E-state index in [4.69, 9.17) is 11.6 Å². The van der Waals surface area contributed by atoms with E-state index in [9.17, 15) is 4.79 Å². The number of hydrogen-bond donors (Lipinski definition) is 1. The maximum Gasteiger partial charge on any atom is 0.223 e. The Bertz CT molecular complexity index is 312. The molecule has 21 heavy (non-hydrogen) atoms. The van der Waals surface area contributed by atoms with Gasteiger partial charge in [0.1, 0.15) is 0 Å². The van der Waals surface area contributed by atoms with Gasteiger partial charge in [-0.3, -0.25) is 4.79 Å². The summed E-state index contributed by atoms with van der Waals surface area (Å²) in [7, 11) is 0. The predicted octanol–water partition coefficient (Wildman–Crippen LogP) is 4.90. The Morgan fingerprint density at radius 3 is 2.52 bits per heavy atom. The summed E-state index contributed by atoms with van der Waals surface area (Å²) < 4.78 is 0. The summed E-state index contributed by atoms with van der Waals surface area (Å²) in [6.07, 6.45) is 13.4. The summed E-state index contributed by atoms with van der Waals surface area (Å²) >= 11 is 6.22. The number of carbonyl (C=O) groups is 1. The minimum absolute atomic E-state index is 0.276. The fourth-order valence-corrected chi connectivity index (χ4v) is 4.41. The van der Waals surface area contributed by atoms with Gasteiger partial charge in [0.05, 0.1) is 0 Å². The molecule has 1 amide bonds. The van der Waals surface area contributed by atoms with Crippen molar-refractivity contribution in [3.63, 3.8) is 0 Å². The van der Waals surface area contributed by atoms with Gasteiger partial charge in [0.2, 0.25) is 5.91 Å². The van der Waals surface area contributed by atoms with E-state index in [-0.39, 0.29) is 5.92 Å². The molecule has 0 bridgehead atoms. The van der Waals surface area contributed by atoms with Gasteiger partial charge in [-0.2, -0.15) is 0 Å². The second-order valence-electron chi connectivity index (χ2n) is 7.23. The standard InChI is InChI=1S/C18H32ClNO/c1-2-3-5-14-8-10-16(11-9-14)18(21)20-13-15-6-4-7-17(19)12-15/h14-17H,2-13H2,1H3,(H,20,21). The first-order chi connectivity index (χ1) is 10.2. The second-order valence-corrected chi connectivity index (χ2v) is 7.85. The number of nitrogens with one attached hydrogen (secondary N) is 1. The van der Waals surface area contributed by atoms with Gasteiger partial charge in [-0.1, -0.05) is 32.6 Å². The van der Waals surface area contributed by atoms with E-state index in [1.807, 2.05) is 0 Å². The van der Waals surface area contributed by atoms with Crippen LogP contribution in [0, 0.1) is 17.8 Å². The number of carbonyl (C=O) groups excluding carboxylic acids is 1. The maximum atomic E-state index is 12.3. The van der Waals surface area contributed by atoms with Crippen molar-refractivity contribution < 1.29 is 4.79 Å². The van der Waals surface area contributed by atoms with Crippen molar-refractivity contribution in [2.75, 3.05) is 6.54 Å². The van der Waals surface area contributed by atoms with E-state index in [0.29, 0.717) is 17.2 Å². The van der Waals surface area contributed by atoms with Crippen LogP contribution in [0.25, 0.3) is 0 Å². The van der Waals surface area contributed by atoms with Crippen LogP contribution >= 0.6 is 11.6 Å². The van der Waals surface area contributed by atoms with Crippen molar-refractivity contribution in [1.29, 1.82) is 0 Å². The molecule has 0 aromatic heterocycles. The van der Waals surface area contributed by atoms with E-state index in [1.165, 1.54) is 44.9 Å². The van der Waals surface area contributed by atoms with Crippen LogP contribution < -0.4 is 5.32 Å². The molecule has 2 rings (SSSR count). The first kappa shape index (κ1) is 17.1. The summed E-state index contributed by atoms with van der Waals surface area (Å²) in [6.45, 7) is 3.10. The van der Waals surface area contributed by atoms with Crippen LogP contribution in [0.3, 0.4) is 0 Å².